The molecule has 0 atom stereocenters. The zero-order valence-electron chi connectivity index (χ0n) is 13.6. The Morgan fingerprint density at radius 1 is 1.08 bits per heavy atom. The molecule has 0 spiro atoms. The molecule has 2 aromatic rings. The van der Waals surface area contributed by atoms with Gasteiger partial charge in [0.05, 0.1) is 18.5 Å². The Kier molecular flexibility index (Phi) is 5.61. The summed E-state index contributed by atoms with van der Waals surface area (Å²) in [5, 5.41) is 2.62. The fourth-order valence-electron chi connectivity index (χ4n) is 2.83. The van der Waals surface area contributed by atoms with E-state index in [1.165, 1.54) is 6.07 Å². The second kappa shape index (κ2) is 8.08. The van der Waals surface area contributed by atoms with Gasteiger partial charge >= 0.3 is 0 Å². The third-order valence-corrected chi connectivity index (χ3v) is 4.23. The summed E-state index contributed by atoms with van der Waals surface area (Å²) in [6, 6.07) is 10.1. The van der Waals surface area contributed by atoms with E-state index in [1.807, 2.05) is 12.1 Å². The number of amides is 1. The fraction of sp³-hybridized carbons (Fsp3) is 0.389. The monoisotopic (exact) mass is 331 g/mol. The zero-order chi connectivity index (χ0) is 16.8. The molecule has 0 saturated carbocycles. The predicted octanol–water partition coefficient (Wildman–Crippen LogP) is 2.57. The van der Waals surface area contributed by atoms with Crippen molar-refractivity contribution in [3.8, 4) is 0 Å². The second-order valence-electron chi connectivity index (χ2n) is 5.98. The van der Waals surface area contributed by atoms with E-state index in [9.17, 15) is 9.18 Å². The molecule has 1 aliphatic heterocycles. The van der Waals surface area contributed by atoms with Crippen molar-refractivity contribution in [2.24, 2.45) is 0 Å². The van der Waals surface area contributed by atoms with Crippen LogP contribution in [0, 0.1) is 5.82 Å². The van der Waals surface area contributed by atoms with Crippen molar-refractivity contribution in [1.82, 2.24) is 9.80 Å². The molecule has 1 fully saturated rings. The van der Waals surface area contributed by atoms with E-state index in [0.29, 0.717) is 13.0 Å². The number of benzene rings is 1. The Labute approximate surface area is 141 Å². The van der Waals surface area contributed by atoms with Gasteiger partial charge in [-0.3, -0.25) is 9.69 Å². The molecule has 0 radical (unpaired) electrons. The Morgan fingerprint density at radius 3 is 2.54 bits per heavy atom. The first-order chi connectivity index (χ1) is 11.7. The summed E-state index contributed by atoms with van der Waals surface area (Å²) in [6.07, 6.45) is 2.06. The van der Waals surface area contributed by atoms with Crippen LogP contribution >= 0.6 is 0 Å². The third-order valence-electron chi connectivity index (χ3n) is 4.23. The van der Waals surface area contributed by atoms with E-state index < -0.39 is 5.82 Å². The first-order valence-electron chi connectivity index (χ1n) is 8.22. The largest absolute Gasteiger partial charge is 0.468 e. The summed E-state index contributed by atoms with van der Waals surface area (Å²) in [7, 11) is 0. The molecule has 0 aliphatic carbocycles. The molecule has 3 rings (SSSR count). The van der Waals surface area contributed by atoms with Crippen molar-refractivity contribution >= 4 is 11.6 Å². The topological polar surface area (TPSA) is 48.7 Å². The summed E-state index contributed by atoms with van der Waals surface area (Å²) in [6.45, 7) is 5.27. The highest BCUT2D eigenvalue weighted by atomic mass is 19.1. The lowest BCUT2D eigenvalue weighted by molar-refractivity contribution is -0.116. The lowest BCUT2D eigenvalue weighted by Crippen LogP contribution is -2.46. The standard InChI is InChI=1S/C18H22FN3O2/c19-16-5-1-2-6-17(16)20-18(23)7-8-21-9-11-22(12-10-21)14-15-4-3-13-24-15/h1-6,13H,7-12,14H2,(H,20,23). The summed E-state index contributed by atoms with van der Waals surface area (Å²) >= 11 is 0. The Bertz CT molecular complexity index is 652. The van der Waals surface area contributed by atoms with Crippen LogP contribution in [-0.4, -0.2) is 48.4 Å². The van der Waals surface area contributed by atoms with Crippen LogP contribution in [0.3, 0.4) is 0 Å². The number of hydrogen-bond donors (Lipinski definition) is 1. The molecule has 0 unspecified atom stereocenters. The molecule has 1 aromatic carbocycles. The van der Waals surface area contributed by atoms with Crippen molar-refractivity contribution in [3.05, 3.63) is 54.2 Å². The number of anilines is 1. The number of nitrogens with one attached hydrogen (secondary N) is 1. The van der Waals surface area contributed by atoms with Crippen LogP contribution < -0.4 is 5.32 Å². The fourth-order valence-corrected chi connectivity index (χ4v) is 2.83. The normalized spacial score (nSPS) is 16.2. The van der Waals surface area contributed by atoms with E-state index in [4.69, 9.17) is 4.42 Å². The molecule has 2 heterocycles. The molecular weight excluding hydrogens is 309 g/mol. The van der Waals surface area contributed by atoms with Crippen LogP contribution in [0.1, 0.15) is 12.2 Å². The van der Waals surface area contributed by atoms with Gasteiger partial charge < -0.3 is 14.6 Å². The summed E-state index contributed by atoms with van der Waals surface area (Å²) in [5.41, 5.74) is 0.241. The molecule has 5 nitrogen and oxygen atoms in total. The SMILES string of the molecule is O=C(CCN1CCN(Cc2ccco2)CC1)Nc1ccccc1F. The maximum atomic E-state index is 13.5. The third kappa shape index (κ3) is 4.66. The summed E-state index contributed by atoms with van der Waals surface area (Å²) in [5.74, 6) is 0.420. The van der Waals surface area contributed by atoms with E-state index >= 15 is 0 Å². The Hall–Kier alpha value is -2.18. The number of hydrogen-bond acceptors (Lipinski definition) is 4. The van der Waals surface area contributed by atoms with Gasteiger partial charge in [0.25, 0.3) is 0 Å². The van der Waals surface area contributed by atoms with E-state index in [1.54, 1.807) is 24.5 Å². The summed E-state index contributed by atoms with van der Waals surface area (Å²) < 4.78 is 18.9. The van der Waals surface area contributed by atoms with E-state index in [0.717, 1.165) is 38.5 Å². The van der Waals surface area contributed by atoms with Gasteiger partial charge in [-0.1, -0.05) is 12.1 Å². The molecule has 1 amide bonds. The lowest BCUT2D eigenvalue weighted by Gasteiger charge is -2.34. The Balaban J connectivity index is 1.37. The van der Waals surface area contributed by atoms with Gasteiger partial charge in [0.1, 0.15) is 11.6 Å². The van der Waals surface area contributed by atoms with Crippen molar-refractivity contribution in [1.29, 1.82) is 0 Å². The lowest BCUT2D eigenvalue weighted by atomic mass is 10.2. The molecule has 128 valence electrons. The number of rotatable bonds is 6. The molecule has 1 aliphatic rings. The number of piperazine rings is 1. The highest BCUT2D eigenvalue weighted by molar-refractivity contribution is 5.90. The second-order valence-corrected chi connectivity index (χ2v) is 5.98. The maximum absolute atomic E-state index is 13.5. The highest BCUT2D eigenvalue weighted by Crippen LogP contribution is 2.13. The zero-order valence-corrected chi connectivity index (χ0v) is 13.6. The molecule has 0 bridgehead atoms. The van der Waals surface area contributed by atoms with Crippen LogP contribution in [0.25, 0.3) is 0 Å². The molecule has 6 heteroatoms. The maximum Gasteiger partial charge on any atom is 0.225 e. The number of halogens is 1. The predicted molar refractivity (Wildman–Crippen MR) is 90.1 cm³/mol. The number of para-hydroxylation sites is 1. The van der Waals surface area contributed by atoms with Crippen LogP contribution in [0.5, 0.6) is 0 Å². The van der Waals surface area contributed by atoms with Gasteiger partial charge in [-0.2, -0.15) is 0 Å². The van der Waals surface area contributed by atoms with Crippen molar-refractivity contribution < 1.29 is 13.6 Å². The van der Waals surface area contributed by atoms with Crippen molar-refractivity contribution in [3.63, 3.8) is 0 Å². The first-order valence-corrected chi connectivity index (χ1v) is 8.22. The molecular formula is C18H22FN3O2. The van der Waals surface area contributed by atoms with Gasteiger partial charge in [0.15, 0.2) is 0 Å². The van der Waals surface area contributed by atoms with Crippen LogP contribution in [-0.2, 0) is 11.3 Å². The Morgan fingerprint density at radius 2 is 1.83 bits per heavy atom. The van der Waals surface area contributed by atoms with Gasteiger partial charge in [0, 0.05) is 39.1 Å². The molecule has 24 heavy (non-hydrogen) atoms. The van der Waals surface area contributed by atoms with Gasteiger partial charge in [-0.05, 0) is 24.3 Å². The van der Waals surface area contributed by atoms with E-state index in [-0.39, 0.29) is 11.6 Å². The van der Waals surface area contributed by atoms with Crippen molar-refractivity contribution in [2.45, 2.75) is 13.0 Å². The van der Waals surface area contributed by atoms with E-state index in [2.05, 4.69) is 15.1 Å². The molecule has 1 N–H and O–H groups in total. The molecule has 1 saturated heterocycles. The van der Waals surface area contributed by atoms with Crippen LogP contribution in [0.4, 0.5) is 10.1 Å². The first kappa shape index (κ1) is 16.7. The van der Waals surface area contributed by atoms with Gasteiger partial charge in [-0.15, -0.1) is 0 Å². The van der Waals surface area contributed by atoms with Gasteiger partial charge in [0.2, 0.25) is 5.91 Å². The average Bonchev–Trinajstić information content (AvgIpc) is 3.09. The minimum atomic E-state index is -0.405. The average molecular weight is 331 g/mol. The van der Waals surface area contributed by atoms with Crippen LogP contribution in [0.2, 0.25) is 0 Å². The minimum Gasteiger partial charge on any atom is -0.468 e. The highest BCUT2D eigenvalue weighted by Gasteiger charge is 2.18. The quantitative estimate of drug-likeness (QED) is 0.884. The summed E-state index contributed by atoms with van der Waals surface area (Å²) in [4.78, 5) is 16.6. The van der Waals surface area contributed by atoms with Gasteiger partial charge in [-0.25, -0.2) is 4.39 Å². The van der Waals surface area contributed by atoms with Crippen molar-refractivity contribution in [2.75, 3.05) is 38.0 Å². The number of furan rings is 1. The smallest absolute Gasteiger partial charge is 0.225 e. The number of carbonyl (C=O) groups is 1. The van der Waals surface area contributed by atoms with Crippen LogP contribution in [0.15, 0.2) is 47.1 Å². The minimum absolute atomic E-state index is 0.155. The number of nitrogens with zero attached hydrogens (tertiary/aromatic N) is 2. The number of carbonyl (C=O) groups excluding carboxylic acids is 1. The molecule has 1 aromatic heterocycles.